The molecule has 0 amide bonds. The van der Waals surface area contributed by atoms with Crippen LogP contribution in [-0.4, -0.2) is 21.5 Å². The molecule has 1 unspecified atom stereocenters. The van der Waals surface area contributed by atoms with Crippen molar-refractivity contribution in [2.75, 3.05) is 6.54 Å². The number of para-hydroxylation sites is 1. The van der Waals surface area contributed by atoms with E-state index < -0.39 is 0 Å². The van der Waals surface area contributed by atoms with Gasteiger partial charge < -0.3 is 5.32 Å². The summed E-state index contributed by atoms with van der Waals surface area (Å²) in [6.45, 7) is 7.58. The minimum atomic E-state index is 0.292. The molecule has 1 heterocycles. The number of nitrogens with one attached hydrogen (secondary N) is 1. The van der Waals surface area contributed by atoms with Gasteiger partial charge in [-0.2, -0.15) is 15.0 Å². The molecule has 108 valence electrons. The van der Waals surface area contributed by atoms with E-state index in [-0.39, 0.29) is 0 Å². The van der Waals surface area contributed by atoms with Crippen LogP contribution in [0.15, 0.2) is 36.5 Å². The fraction of sp³-hybridized carbons (Fsp3) is 0.500. The highest BCUT2D eigenvalue weighted by atomic mass is 15.5. The Morgan fingerprint density at radius 2 is 1.90 bits per heavy atom. The molecule has 4 heteroatoms. The second-order valence-corrected chi connectivity index (χ2v) is 5.48. The predicted molar refractivity (Wildman–Crippen MR) is 81.8 cm³/mol. The summed E-state index contributed by atoms with van der Waals surface area (Å²) >= 11 is 0. The zero-order valence-corrected chi connectivity index (χ0v) is 12.6. The summed E-state index contributed by atoms with van der Waals surface area (Å²) in [7, 11) is 0. The Balaban J connectivity index is 2.12. The van der Waals surface area contributed by atoms with E-state index in [2.05, 4.69) is 36.3 Å². The Labute approximate surface area is 121 Å². The molecule has 0 radical (unpaired) electrons. The molecule has 2 rings (SSSR count). The van der Waals surface area contributed by atoms with E-state index in [0.29, 0.717) is 12.0 Å². The first-order valence-electron chi connectivity index (χ1n) is 7.41. The van der Waals surface area contributed by atoms with Crippen molar-refractivity contribution in [2.45, 2.75) is 39.7 Å². The first kappa shape index (κ1) is 14.7. The molecule has 0 aliphatic carbocycles. The molecular weight excluding hydrogens is 248 g/mol. The number of hydrogen-bond donors (Lipinski definition) is 1. The van der Waals surface area contributed by atoms with Gasteiger partial charge in [-0.1, -0.05) is 39.0 Å². The molecule has 1 N–H and O–H groups in total. The molecule has 0 spiro atoms. The van der Waals surface area contributed by atoms with Crippen molar-refractivity contribution in [3.63, 3.8) is 0 Å². The van der Waals surface area contributed by atoms with Crippen molar-refractivity contribution in [1.29, 1.82) is 0 Å². The topological polar surface area (TPSA) is 42.7 Å². The third-order valence-corrected chi connectivity index (χ3v) is 3.34. The molecule has 1 aromatic carbocycles. The molecule has 0 fully saturated rings. The van der Waals surface area contributed by atoms with E-state index in [1.165, 1.54) is 6.42 Å². The maximum Gasteiger partial charge on any atom is 0.100 e. The van der Waals surface area contributed by atoms with Gasteiger partial charge in [0.25, 0.3) is 0 Å². The molecule has 1 aromatic heterocycles. The first-order valence-corrected chi connectivity index (χ1v) is 7.41. The number of aromatic nitrogens is 3. The normalized spacial score (nSPS) is 12.8. The Kier molecular flexibility index (Phi) is 5.30. The van der Waals surface area contributed by atoms with Gasteiger partial charge in [-0.15, -0.1) is 0 Å². The smallest absolute Gasteiger partial charge is 0.100 e. The van der Waals surface area contributed by atoms with E-state index in [4.69, 9.17) is 0 Å². The molecule has 2 aromatic rings. The first-order chi connectivity index (χ1) is 9.70. The largest absolute Gasteiger partial charge is 0.309 e. The Hall–Kier alpha value is -1.68. The quantitative estimate of drug-likeness (QED) is 0.840. The third kappa shape index (κ3) is 3.90. The van der Waals surface area contributed by atoms with Crippen LogP contribution < -0.4 is 5.32 Å². The molecule has 0 saturated carbocycles. The molecule has 0 saturated heterocycles. The average Bonchev–Trinajstić information content (AvgIpc) is 2.94. The molecule has 20 heavy (non-hydrogen) atoms. The van der Waals surface area contributed by atoms with Crippen molar-refractivity contribution in [3.05, 3.63) is 42.2 Å². The van der Waals surface area contributed by atoms with E-state index in [9.17, 15) is 0 Å². The summed E-state index contributed by atoms with van der Waals surface area (Å²) in [4.78, 5) is 1.70. The highest BCUT2D eigenvalue weighted by Gasteiger charge is 2.15. The van der Waals surface area contributed by atoms with Gasteiger partial charge in [0, 0.05) is 0 Å². The van der Waals surface area contributed by atoms with Crippen LogP contribution in [0.2, 0.25) is 0 Å². The Morgan fingerprint density at radius 3 is 2.55 bits per heavy atom. The maximum atomic E-state index is 4.62. The highest BCUT2D eigenvalue weighted by Crippen LogP contribution is 2.19. The van der Waals surface area contributed by atoms with E-state index in [0.717, 1.165) is 24.3 Å². The van der Waals surface area contributed by atoms with Gasteiger partial charge in [0.15, 0.2) is 0 Å². The maximum absolute atomic E-state index is 4.62. The zero-order chi connectivity index (χ0) is 14.4. The van der Waals surface area contributed by atoms with Crippen LogP contribution in [-0.2, 0) is 0 Å². The summed E-state index contributed by atoms with van der Waals surface area (Å²) in [6.07, 6.45) is 4.16. The lowest BCUT2D eigenvalue weighted by atomic mass is 10.0. The van der Waals surface area contributed by atoms with Gasteiger partial charge in [0.05, 0.1) is 17.9 Å². The van der Waals surface area contributed by atoms with E-state index in [1.54, 1.807) is 4.80 Å². The molecule has 4 nitrogen and oxygen atoms in total. The van der Waals surface area contributed by atoms with Crippen LogP contribution in [0.3, 0.4) is 0 Å². The third-order valence-electron chi connectivity index (χ3n) is 3.34. The van der Waals surface area contributed by atoms with E-state index >= 15 is 0 Å². The molecule has 1 atom stereocenters. The predicted octanol–water partition coefficient (Wildman–Crippen LogP) is 3.35. The SMILES string of the molecule is CCNC(CCC(C)C)c1cnn(-c2ccccc2)n1. The number of benzene rings is 1. The van der Waals surface area contributed by atoms with Crippen molar-refractivity contribution in [3.8, 4) is 5.69 Å². The van der Waals surface area contributed by atoms with Crippen LogP contribution in [0.4, 0.5) is 0 Å². The number of rotatable bonds is 7. The van der Waals surface area contributed by atoms with Gasteiger partial charge in [-0.25, -0.2) is 0 Å². The highest BCUT2D eigenvalue weighted by molar-refractivity contribution is 5.28. The fourth-order valence-corrected chi connectivity index (χ4v) is 2.22. The standard InChI is InChI=1S/C16H24N4/c1-4-17-15(11-10-13(2)3)16-12-18-20(19-16)14-8-6-5-7-9-14/h5-9,12-13,15,17H,4,10-11H2,1-3H3. The average molecular weight is 272 g/mol. The second-order valence-electron chi connectivity index (χ2n) is 5.48. The molecular formula is C16H24N4. The minimum Gasteiger partial charge on any atom is -0.309 e. The van der Waals surface area contributed by atoms with Gasteiger partial charge in [0.2, 0.25) is 0 Å². The monoisotopic (exact) mass is 272 g/mol. The van der Waals surface area contributed by atoms with Gasteiger partial charge in [-0.05, 0) is 37.4 Å². The van der Waals surface area contributed by atoms with Crippen molar-refractivity contribution >= 4 is 0 Å². The second kappa shape index (κ2) is 7.20. The number of nitrogens with zero attached hydrogens (tertiary/aromatic N) is 3. The summed E-state index contributed by atoms with van der Waals surface area (Å²) in [5, 5.41) is 12.5. The summed E-state index contributed by atoms with van der Waals surface area (Å²) in [6, 6.07) is 10.3. The summed E-state index contributed by atoms with van der Waals surface area (Å²) in [5.74, 6) is 0.709. The van der Waals surface area contributed by atoms with Crippen LogP contribution in [0.5, 0.6) is 0 Å². The van der Waals surface area contributed by atoms with Crippen LogP contribution in [0.1, 0.15) is 45.3 Å². The van der Waals surface area contributed by atoms with Crippen LogP contribution >= 0.6 is 0 Å². The summed E-state index contributed by atoms with van der Waals surface area (Å²) in [5.41, 5.74) is 2.02. The fourth-order valence-electron chi connectivity index (χ4n) is 2.22. The lowest BCUT2D eigenvalue weighted by molar-refractivity contribution is 0.439. The minimum absolute atomic E-state index is 0.292. The van der Waals surface area contributed by atoms with Gasteiger partial charge >= 0.3 is 0 Å². The summed E-state index contributed by atoms with van der Waals surface area (Å²) < 4.78 is 0. The van der Waals surface area contributed by atoms with E-state index in [1.807, 2.05) is 36.5 Å². The Bertz CT molecular complexity index is 504. The van der Waals surface area contributed by atoms with Crippen LogP contribution in [0, 0.1) is 5.92 Å². The molecule has 0 bridgehead atoms. The Morgan fingerprint density at radius 1 is 1.15 bits per heavy atom. The molecule has 0 aliphatic heterocycles. The zero-order valence-electron chi connectivity index (χ0n) is 12.6. The van der Waals surface area contributed by atoms with Crippen molar-refractivity contribution in [1.82, 2.24) is 20.3 Å². The molecule has 0 aliphatic rings. The lowest BCUT2D eigenvalue weighted by Gasteiger charge is -2.16. The van der Waals surface area contributed by atoms with Crippen LogP contribution in [0.25, 0.3) is 5.69 Å². The van der Waals surface area contributed by atoms with Gasteiger partial charge in [-0.3, -0.25) is 0 Å². The number of hydrogen-bond acceptors (Lipinski definition) is 3. The lowest BCUT2D eigenvalue weighted by Crippen LogP contribution is -2.22. The van der Waals surface area contributed by atoms with Crippen molar-refractivity contribution < 1.29 is 0 Å². The van der Waals surface area contributed by atoms with Gasteiger partial charge in [0.1, 0.15) is 5.69 Å². The van der Waals surface area contributed by atoms with Crippen molar-refractivity contribution in [2.24, 2.45) is 5.92 Å².